The van der Waals surface area contributed by atoms with Crippen molar-refractivity contribution in [3.63, 3.8) is 0 Å². The quantitative estimate of drug-likeness (QED) is 0.839. The van der Waals surface area contributed by atoms with E-state index in [-0.39, 0.29) is 0 Å². The van der Waals surface area contributed by atoms with E-state index >= 15 is 0 Å². The lowest BCUT2D eigenvalue weighted by Crippen LogP contribution is -2.22. The first kappa shape index (κ1) is 14.4. The molecule has 20 heavy (non-hydrogen) atoms. The van der Waals surface area contributed by atoms with Crippen LogP contribution in [0.5, 0.6) is 5.75 Å². The van der Waals surface area contributed by atoms with E-state index in [1.807, 2.05) is 0 Å². The molecule has 0 radical (unpaired) electrons. The fourth-order valence-electron chi connectivity index (χ4n) is 2.99. The minimum absolute atomic E-state index is 0.420. The molecule has 2 saturated carbocycles. The fourth-order valence-corrected chi connectivity index (χ4v) is 3.61. The van der Waals surface area contributed by atoms with Crippen LogP contribution < -0.4 is 10.1 Å². The van der Waals surface area contributed by atoms with Crippen LogP contribution in [0.4, 0.5) is 0 Å². The van der Waals surface area contributed by atoms with Crippen LogP contribution in [0, 0.1) is 6.92 Å². The van der Waals surface area contributed by atoms with Gasteiger partial charge in [0.1, 0.15) is 5.75 Å². The van der Waals surface area contributed by atoms with Gasteiger partial charge in [0.2, 0.25) is 0 Å². The molecule has 0 atom stereocenters. The Bertz CT molecular complexity index is 464. The predicted octanol–water partition coefficient (Wildman–Crippen LogP) is 4.72. The van der Waals surface area contributed by atoms with E-state index in [0.29, 0.717) is 6.10 Å². The van der Waals surface area contributed by atoms with E-state index in [1.165, 1.54) is 56.1 Å². The summed E-state index contributed by atoms with van der Waals surface area (Å²) in [5.74, 6) is 1.12. The highest BCUT2D eigenvalue weighted by atomic mass is 79.9. The van der Waals surface area contributed by atoms with Crippen LogP contribution in [0.1, 0.15) is 56.1 Å². The van der Waals surface area contributed by atoms with Gasteiger partial charge in [-0.2, -0.15) is 0 Å². The highest BCUT2D eigenvalue weighted by molar-refractivity contribution is 9.10. The number of benzene rings is 1. The summed E-state index contributed by atoms with van der Waals surface area (Å²) in [6.07, 6.45) is 9.50. The third-order valence-electron chi connectivity index (χ3n) is 4.31. The monoisotopic (exact) mass is 337 g/mol. The number of halogens is 1. The standard InChI is InChI=1S/C17H24BrNO/c1-12-9-14(18)10-13(11-19-15-7-8-15)17(12)20-16-5-3-2-4-6-16/h9-10,15-16,19H,2-8,11H2,1H3. The molecule has 0 unspecified atom stereocenters. The van der Waals surface area contributed by atoms with E-state index in [0.717, 1.165) is 22.8 Å². The molecule has 0 spiro atoms. The summed E-state index contributed by atoms with van der Waals surface area (Å²) in [5, 5.41) is 3.60. The summed E-state index contributed by atoms with van der Waals surface area (Å²) in [6.45, 7) is 3.08. The number of rotatable bonds is 5. The first-order valence-corrected chi connectivity index (χ1v) is 8.71. The van der Waals surface area contributed by atoms with Gasteiger partial charge in [-0.05, 0) is 63.1 Å². The molecule has 1 N–H and O–H groups in total. The van der Waals surface area contributed by atoms with Crippen molar-refractivity contribution in [2.75, 3.05) is 0 Å². The lowest BCUT2D eigenvalue weighted by Gasteiger charge is -2.25. The number of hydrogen-bond acceptors (Lipinski definition) is 2. The minimum Gasteiger partial charge on any atom is -0.490 e. The van der Waals surface area contributed by atoms with Crippen molar-refractivity contribution in [1.82, 2.24) is 5.32 Å². The molecule has 2 nitrogen and oxygen atoms in total. The third kappa shape index (κ3) is 3.76. The normalized spacial score (nSPS) is 20.1. The third-order valence-corrected chi connectivity index (χ3v) is 4.77. The molecular formula is C17H24BrNO. The Morgan fingerprint density at radius 2 is 1.90 bits per heavy atom. The molecule has 3 rings (SSSR count). The van der Waals surface area contributed by atoms with E-state index in [1.54, 1.807) is 0 Å². The Morgan fingerprint density at radius 1 is 1.15 bits per heavy atom. The van der Waals surface area contributed by atoms with Crippen LogP contribution >= 0.6 is 15.9 Å². The zero-order valence-electron chi connectivity index (χ0n) is 12.3. The predicted molar refractivity (Wildman–Crippen MR) is 86.2 cm³/mol. The maximum Gasteiger partial charge on any atom is 0.127 e. The second-order valence-corrected chi connectivity index (χ2v) is 7.16. The van der Waals surface area contributed by atoms with Gasteiger partial charge in [0, 0.05) is 22.6 Å². The second kappa shape index (κ2) is 6.48. The average molecular weight is 338 g/mol. The lowest BCUT2D eigenvalue weighted by molar-refractivity contribution is 0.152. The van der Waals surface area contributed by atoms with Crippen LogP contribution in [-0.2, 0) is 6.54 Å². The smallest absolute Gasteiger partial charge is 0.127 e. The van der Waals surface area contributed by atoms with Crippen molar-refractivity contribution in [3.05, 3.63) is 27.7 Å². The molecule has 2 aliphatic rings. The maximum atomic E-state index is 6.36. The van der Waals surface area contributed by atoms with Gasteiger partial charge in [-0.3, -0.25) is 0 Å². The van der Waals surface area contributed by atoms with Gasteiger partial charge in [-0.1, -0.05) is 22.4 Å². The molecule has 1 aromatic rings. The summed E-state index contributed by atoms with van der Waals surface area (Å²) < 4.78 is 7.52. The summed E-state index contributed by atoms with van der Waals surface area (Å²) in [5.41, 5.74) is 2.55. The molecule has 0 aromatic heterocycles. The summed E-state index contributed by atoms with van der Waals surface area (Å²) in [7, 11) is 0. The summed E-state index contributed by atoms with van der Waals surface area (Å²) in [6, 6.07) is 5.11. The zero-order chi connectivity index (χ0) is 13.9. The van der Waals surface area contributed by atoms with Crippen LogP contribution in [0.25, 0.3) is 0 Å². The van der Waals surface area contributed by atoms with E-state index in [2.05, 4.69) is 40.3 Å². The van der Waals surface area contributed by atoms with Gasteiger partial charge in [0.25, 0.3) is 0 Å². The van der Waals surface area contributed by atoms with Crippen molar-refractivity contribution >= 4 is 15.9 Å². The largest absolute Gasteiger partial charge is 0.490 e. The Hall–Kier alpha value is -0.540. The minimum atomic E-state index is 0.420. The average Bonchev–Trinajstić information content (AvgIpc) is 3.25. The first-order valence-electron chi connectivity index (χ1n) is 7.91. The Labute approximate surface area is 130 Å². The van der Waals surface area contributed by atoms with Crippen LogP contribution in [0.3, 0.4) is 0 Å². The Kier molecular flexibility index (Phi) is 4.67. The molecule has 0 heterocycles. The molecule has 0 amide bonds. The summed E-state index contributed by atoms with van der Waals surface area (Å²) >= 11 is 3.61. The van der Waals surface area contributed by atoms with Gasteiger partial charge in [-0.15, -0.1) is 0 Å². The molecular weight excluding hydrogens is 314 g/mol. The number of hydrogen-bond donors (Lipinski definition) is 1. The van der Waals surface area contributed by atoms with Crippen molar-refractivity contribution in [1.29, 1.82) is 0 Å². The van der Waals surface area contributed by atoms with Crippen molar-refractivity contribution in [3.8, 4) is 5.75 Å². The number of ether oxygens (including phenoxy) is 1. The zero-order valence-corrected chi connectivity index (χ0v) is 13.8. The molecule has 3 heteroatoms. The Morgan fingerprint density at radius 3 is 2.60 bits per heavy atom. The van der Waals surface area contributed by atoms with Gasteiger partial charge < -0.3 is 10.1 Å². The van der Waals surface area contributed by atoms with Crippen molar-refractivity contribution in [2.45, 2.75) is 70.6 Å². The highest BCUT2D eigenvalue weighted by Crippen LogP contribution is 2.32. The Balaban J connectivity index is 1.74. The summed E-state index contributed by atoms with van der Waals surface area (Å²) in [4.78, 5) is 0. The molecule has 0 aliphatic heterocycles. The van der Waals surface area contributed by atoms with Crippen molar-refractivity contribution < 1.29 is 4.74 Å². The first-order chi connectivity index (χ1) is 9.72. The van der Waals surface area contributed by atoms with Gasteiger partial charge in [0.05, 0.1) is 6.10 Å². The van der Waals surface area contributed by atoms with Gasteiger partial charge in [-0.25, -0.2) is 0 Å². The van der Waals surface area contributed by atoms with Gasteiger partial charge in [0.15, 0.2) is 0 Å². The molecule has 1 aromatic carbocycles. The second-order valence-electron chi connectivity index (χ2n) is 6.24. The van der Waals surface area contributed by atoms with E-state index < -0.39 is 0 Å². The lowest BCUT2D eigenvalue weighted by atomic mass is 9.97. The van der Waals surface area contributed by atoms with Gasteiger partial charge >= 0.3 is 0 Å². The van der Waals surface area contributed by atoms with Crippen LogP contribution in [-0.4, -0.2) is 12.1 Å². The number of nitrogens with one attached hydrogen (secondary N) is 1. The fraction of sp³-hybridized carbons (Fsp3) is 0.647. The molecule has 0 bridgehead atoms. The topological polar surface area (TPSA) is 21.3 Å². The van der Waals surface area contributed by atoms with Crippen LogP contribution in [0.15, 0.2) is 16.6 Å². The number of aryl methyl sites for hydroxylation is 1. The SMILES string of the molecule is Cc1cc(Br)cc(CNC2CC2)c1OC1CCCCC1. The van der Waals surface area contributed by atoms with Crippen molar-refractivity contribution in [2.24, 2.45) is 0 Å². The molecule has 110 valence electrons. The highest BCUT2D eigenvalue weighted by Gasteiger charge is 2.22. The molecule has 2 fully saturated rings. The molecule has 2 aliphatic carbocycles. The van der Waals surface area contributed by atoms with E-state index in [9.17, 15) is 0 Å². The van der Waals surface area contributed by atoms with E-state index in [4.69, 9.17) is 4.74 Å². The maximum absolute atomic E-state index is 6.36. The molecule has 0 saturated heterocycles. The van der Waals surface area contributed by atoms with Crippen LogP contribution in [0.2, 0.25) is 0 Å².